The van der Waals surface area contributed by atoms with E-state index < -0.39 is 5.97 Å². The Hall–Kier alpha value is -2.12. The molecule has 0 bridgehead atoms. The fraction of sp³-hybridized carbons (Fsp3) is 0.333. The molecule has 0 radical (unpaired) electrons. The number of carbonyl (C=O) groups is 3. The summed E-state index contributed by atoms with van der Waals surface area (Å²) < 4.78 is 5.08. The lowest BCUT2D eigenvalue weighted by Crippen LogP contribution is -2.06. The number of hydrogen-bond acceptors (Lipinski definition) is 7. The molecule has 1 heterocycles. The summed E-state index contributed by atoms with van der Waals surface area (Å²) in [6, 6.07) is 10.3. The maximum atomic E-state index is 12.3. The second-order valence-corrected chi connectivity index (χ2v) is 8.15. The van der Waals surface area contributed by atoms with Crippen molar-refractivity contribution in [3.05, 3.63) is 59.9 Å². The van der Waals surface area contributed by atoms with Crippen LogP contribution in [0.1, 0.15) is 53.3 Å². The summed E-state index contributed by atoms with van der Waals surface area (Å²) in [6.45, 7) is 1.32. The average Bonchev–Trinajstić information content (AvgIpc) is 2.70. The van der Waals surface area contributed by atoms with Gasteiger partial charge in [-0.25, -0.2) is 0 Å². The van der Waals surface area contributed by atoms with Gasteiger partial charge in [-0.15, -0.1) is 0 Å². The molecule has 5 nitrogen and oxygen atoms in total. The first-order chi connectivity index (χ1) is 13.6. The molecule has 148 valence electrons. The van der Waals surface area contributed by atoms with Crippen LogP contribution < -0.4 is 4.74 Å². The molecule has 28 heavy (non-hydrogen) atoms. The summed E-state index contributed by atoms with van der Waals surface area (Å²) in [4.78, 5) is 39.3. The monoisotopic (exact) mass is 417 g/mol. The van der Waals surface area contributed by atoms with Crippen molar-refractivity contribution < 1.29 is 19.1 Å². The second kappa shape index (κ2) is 12.4. The zero-order valence-electron chi connectivity index (χ0n) is 15.8. The van der Waals surface area contributed by atoms with Gasteiger partial charge >= 0.3 is 5.97 Å². The number of hydrogen-bond donors (Lipinski definition) is 0. The van der Waals surface area contributed by atoms with E-state index in [-0.39, 0.29) is 10.2 Å². The summed E-state index contributed by atoms with van der Waals surface area (Å²) in [5.41, 5.74) is 1.06. The van der Waals surface area contributed by atoms with Gasteiger partial charge in [-0.2, -0.15) is 0 Å². The highest BCUT2D eigenvalue weighted by atomic mass is 32.2. The lowest BCUT2D eigenvalue weighted by molar-refractivity contribution is -0.131. The molecule has 7 heteroatoms. The first-order valence-electron chi connectivity index (χ1n) is 9.09. The third-order valence-electron chi connectivity index (χ3n) is 3.76. The fourth-order valence-corrected chi connectivity index (χ4v) is 4.09. The van der Waals surface area contributed by atoms with Crippen LogP contribution in [0.15, 0.2) is 48.8 Å². The number of unbranched alkanes of at least 4 members (excludes halogenated alkanes) is 3. The van der Waals surface area contributed by atoms with Crippen molar-refractivity contribution in [3.63, 3.8) is 0 Å². The number of esters is 1. The smallest absolute Gasteiger partial charge is 0.308 e. The number of aromatic nitrogens is 1. The summed E-state index contributed by atoms with van der Waals surface area (Å²) in [5, 5.41) is -0.0322. The van der Waals surface area contributed by atoms with Crippen LogP contribution >= 0.6 is 23.5 Å². The zero-order valence-corrected chi connectivity index (χ0v) is 17.4. The van der Waals surface area contributed by atoms with Gasteiger partial charge in [-0.05, 0) is 37.1 Å². The highest BCUT2D eigenvalue weighted by Crippen LogP contribution is 2.24. The van der Waals surface area contributed by atoms with E-state index in [2.05, 4.69) is 4.98 Å². The molecule has 0 fully saturated rings. The van der Waals surface area contributed by atoms with Gasteiger partial charge in [0.1, 0.15) is 5.75 Å². The molecule has 0 amide bonds. The van der Waals surface area contributed by atoms with E-state index in [4.69, 9.17) is 4.74 Å². The van der Waals surface area contributed by atoms with Crippen LogP contribution in [-0.4, -0.2) is 32.7 Å². The molecule has 1 aromatic carbocycles. The van der Waals surface area contributed by atoms with Gasteiger partial charge in [-0.3, -0.25) is 19.4 Å². The molecule has 0 aliphatic carbocycles. The minimum atomic E-state index is -0.440. The first-order valence-corrected chi connectivity index (χ1v) is 11.1. The Bertz CT molecular complexity index is 796. The standard InChI is InChI=1S/C21H23NO4S2/c1-16(23)26-19-11-5-4-10-18(19)21(25)28-14-7-3-2-6-13-27-20(24)17-9-8-12-22-15-17/h4-5,8-12,15H,2-3,6-7,13-14H2,1H3. The highest BCUT2D eigenvalue weighted by Gasteiger charge is 2.13. The Morgan fingerprint density at radius 1 is 0.893 bits per heavy atom. The maximum absolute atomic E-state index is 12.3. The van der Waals surface area contributed by atoms with Crippen molar-refractivity contribution in [1.29, 1.82) is 0 Å². The summed E-state index contributed by atoms with van der Waals surface area (Å²) in [6.07, 6.45) is 7.15. The van der Waals surface area contributed by atoms with Crippen molar-refractivity contribution in [3.8, 4) is 5.75 Å². The van der Waals surface area contributed by atoms with Crippen LogP contribution in [0.4, 0.5) is 0 Å². The van der Waals surface area contributed by atoms with Gasteiger partial charge in [0.2, 0.25) is 10.2 Å². The molecule has 0 saturated heterocycles. The minimum Gasteiger partial charge on any atom is -0.426 e. The average molecular weight is 418 g/mol. The Morgan fingerprint density at radius 3 is 2.21 bits per heavy atom. The number of benzene rings is 1. The molecule has 2 rings (SSSR count). The molecule has 0 aliphatic heterocycles. The predicted octanol–water partition coefficient (Wildman–Crippen LogP) is 5.01. The van der Waals surface area contributed by atoms with Gasteiger partial charge in [0.05, 0.1) is 5.56 Å². The summed E-state index contributed by atoms with van der Waals surface area (Å²) in [7, 11) is 0. The molecule has 0 saturated carbocycles. The highest BCUT2D eigenvalue weighted by molar-refractivity contribution is 8.14. The van der Waals surface area contributed by atoms with E-state index in [1.807, 2.05) is 0 Å². The minimum absolute atomic E-state index is 0.0562. The van der Waals surface area contributed by atoms with Crippen molar-refractivity contribution in [2.45, 2.75) is 32.6 Å². The van der Waals surface area contributed by atoms with Gasteiger partial charge in [-0.1, -0.05) is 48.5 Å². The molecule has 0 aliphatic rings. The van der Waals surface area contributed by atoms with Crippen LogP contribution in [0.3, 0.4) is 0 Å². The van der Waals surface area contributed by atoms with Crippen LogP contribution in [0.2, 0.25) is 0 Å². The van der Waals surface area contributed by atoms with Gasteiger partial charge in [0, 0.05) is 36.4 Å². The number of ether oxygens (including phenoxy) is 1. The Balaban J connectivity index is 1.59. The third kappa shape index (κ3) is 7.86. The number of nitrogens with zero attached hydrogens (tertiary/aromatic N) is 1. The van der Waals surface area contributed by atoms with Gasteiger partial charge < -0.3 is 4.74 Å². The lowest BCUT2D eigenvalue weighted by Gasteiger charge is -2.07. The normalized spacial score (nSPS) is 10.5. The number of thioether (sulfide) groups is 2. The number of rotatable bonds is 10. The quantitative estimate of drug-likeness (QED) is 0.305. The topological polar surface area (TPSA) is 73.3 Å². The van der Waals surface area contributed by atoms with Crippen molar-refractivity contribution in [2.75, 3.05) is 11.5 Å². The zero-order chi connectivity index (χ0) is 20.2. The molecule has 2 aromatic rings. The van der Waals surface area contributed by atoms with E-state index >= 15 is 0 Å². The second-order valence-electron chi connectivity index (χ2n) is 6.02. The molecule has 0 spiro atoms. The van der Waals surface area contributed by atoms with Crippen LogP contribution in [0.5, 0.6) is 5.75 Å². The fourth-order valence-electron chi connectivity index (χ4n) is 2.41. The molecular formula is C21H23NO4S2. The third-order valence-corrected chi connectivity index (χ3v) is 5.73. The molecule has 1 aromatic heterocycles. The summed E-state index contributed by atoms with van der Waals surface area (Å²) in [5.74, 6) is 1.37. The van der Waals surface area contributed by atoms with Crippen LogP contribution in [0.25, 0.3) is 0 Å². The SMILES string of the molecule is CC(=O)Oc1ccccc1C(=O)SCCCCCCSC(=O)c1cccnc1. The van der Waals surface area contributed by atoms with Gasteiger partial charge in [0.25, 0.3) is 0 Å². The predicted molar refractivity (Wildman–Crippen MR) is 114 cm³/mol. The number of pyridine rings is 1. The van der Waals surface area contributed by atoms with E-state index in [0.29, 0.717) is 16.9 Å². The van der Waals surface area contributed by atoms with E-state index in [1.165, 1.54) is 30.4 Å². The van der Waals surface area contributed by atoms with Crippen molar-refractivity contribution in [2.24, 2.45) is 0 Å². The Morgan fingerprint density at radius 2 is 1.57 bits per heavy atom. The molecule has 0 atom stereocenters. The van der Waals surface area contributed by atoms with Gasteiger partial charge in [0.15, 0.2) is 0 Å². The Kier molecular flexibility index (Phi) is 9.79. The molecular weight excluding hydrogens is 394 g/mol. The Labute approximate surface area is 173 Å². The molecule has 0 unspecified atom stereocenters. The number of carbonyl (C=O) groups excluding carboxylic acids is 3. The van der Waals surface area contributed by atoms with E-state index in [1.54, 1.807) is 48.8 Å². The van der Waals surface area contributed by atoms with E-state index in [0.717, 1.165) is 37.2 Å². The maximum Gasteiger partial charge on any atom is 0.308 e. The lowest BCUT2D eigenvalue weighted by atomic mass is 10.2. The van der Waals surface area contributed by atoms with E-state index in [9.17, 15) is 14.4 Å². The van der Waals surface area contributed by atoms with Crippen LogP contribution in [0, 0.1) is 0 Å². The number of para-hydroxylation sites is 1. The summed E-state index contributed by atoms with van der Waals surface area (Å²) >= 11 is 2.56. The first kappa shape index (κ1) is 22.2. The molecule has 0 N–H and O–H groups in total. The van der Waals surface area contributed by atoms with Crippen LogP contribution in [-0.2, 0) is 4.79 Å². The van der Waals surface area contributed by atoms with Crippen molar-refractivity contribution in [1.82, 2.24) is 4.98 Å². The van der Waals surface area contributed by atoms with Crippen molar-refractivity contribution >= 4 is 39.7 Å². The largest absolute Gasteiger partial charge is 0.426 e.